The highest BCUT2D eigenvalue weighted by Gasteiger charge is 2.15. The molecule has 1 saturated heterocycles. The molecule has 0 atom stereocenters. The van der Waals surface area contributed by atoms with E-state index in [-0.39, 0.29) is 24.8 Å². The number of ether oxygens (including phenoxy) is 1. The molecule has 0 saturated carbocycles. The van der Waals surface area contributed by atoms with Gasteiger partial charge in [0.1, 0.15) is 0 Å². The monoisotopic (exact) mass is 308 g/mol. The topological polar surface area (TPSA) is 42.3 Å². The summed E-state index contributed by atoms with van der Waals surface area (Å²) in [4.78, 5) is 2.42. The first-order chi connectivity index (χ1) is 8.42. The van der Waals surface area contributed by atoms with Crippen LogP contribution in [0.5, 0.6) is 0 Å². The Morgan fingerprint density at radius 3 is 2.79 bits per heavy atom. The molecule has 19 heavy (non-hydrogen) atoms. The third-order valence-electron chi connectivity index (χ3n) is 3.43. The molecule has 0 amide bonds. The molecule has 0 aliphatic carbocycles. The van der Waals surface area contributed by atoms with Crippen LogP contribution < -0.4 is 5.32 Å². The van der Waals surface area contributed by atoms with E-state index in [1.807, 2.05) is 0 Å². The zero-order valence-corrected chi connectivity index (χ0v) is 12.6. The Labute approximate surface area is 126 Å². The van der Waals surface area contributed by atoms with Crippen LogP contribution in [0.3, 0.4) is 0 Å². The van der Waals surface area contributed by atoms with Crippen LogP contribution in [0.4, 0.5) is 0 Å². The predicted molar refractivity (Wildman–Crippen MR) is 79.1 cm³/mol. The van der Waals surface area contributed by atoms with E-state index in [9.17, 15) is 0 Å². The van der Waals surface area contributed by atoms with Crippen molar-refractivity contribution < 1.29 is 4.74 Å². The standard InChI is InChI=1S/C12H20N4O.2ClH/c1-2-13-9-12-8-11(14-16(12)3-1)10-15-4-6-17-7-5-15;;/h8,13H,1-7,9-10H2;2*1H. The Bertz CT molecular complexity index is 356. The minimum absolute atomic E-state index is 0. The zero-order valence-electron chi connectivity index (χ0n) is 11.0. The van der Waals surface area contributed by atoms with Gasteiger partial charge in [-0.2, -0.15) is 5.10 Å². The Morgan fingerprint density at radius 1 is 1.21 bits per heavy atom. The van der Waals surface area contributed by atoms with Crippen molar-refractivity contribution in [3.8, 4) is 0 Å². The van der Waals surface area contributed by atoms with Gasteiger partial charge in [-0.05, 0) is 19.0 Å². The fourth-order valence-corrected chi connectivity index (χ4v) is 2.49. The summed E-state index contributed by atoms with van der Waals surface area (Å²) in [5.41, 5.74) is 2.52. The third-order valence-corrected chi connectivity index (χ3v) is 3.43. The summed E-state index contributed by atoms with van der Waals surface area (Å²) < 4.78 is 7.52. The second-order valence-corrected chi connectivity index (χ2v) is 4.77. The van der Waals surface area contributed by atoms with Gasteiger partial charge in [0, 0.05) is 32.7 Å². The number of hydrogen-bond donors (Lipinski definition) is 1. The lowest BCUT2D eigenvalue weighted by atomic mass is 10.3. The highest BCUT2D eigenvalue weighted by Crippen LogP contribution is 2.11. The average Bonchev–Trinajstić information content (AvgIpc) is 2.60. The molecule has 0 bridgehead atoms. The highest BCUT2D eigenvalue weighted by atomic mass is 35.5. The van der Waals surface area contributed by atoms with Crippen LogP contribution in [-0.4, -0.2) is 47.5 Å². The summed E-state index contributed by atoms with van der Waals surface area (Å²) in [6.45, 7) is 7.83. The molecule has 0 unspecified atom stereocenters. The average molecular weight is 309 g/mol. The van der Waals surface area contributed by atoms with Crippen molar-refractivity contribution in [1.82, 2.24) is 20.0 Å². The van der Waals surface area contributed by atoms with Gasteiger partial charge in [0.05, 0.1) is 24.6 Å². The van der Waals surface area contributed by atoms with Gasteiger partial charge in [-0.1, -0.05) is 0 Å². The second-order valence-electron chi connectivity index (χ2n) is 4.77. The van der Waals surface area contributed by atoms with Gasteiger partial charge >= 0.3 is 0 Å². The van der Waals surface area contributed by atoms with Crippen LogP contribution in [0.2, 0.25) is 0 Å². The number of aryl methyl sites for hydroxylation is 1. The van der Waals surface area contributed by atoms with Crippen molar-refractivity contribution in [2.24, 2.45) is 0 Å². The van der Waals surface area contributed by atoms with Crippen molar-refractivity contribution in [2.45, 2.75) is 26.1 Å². The Kier molecular flexibility index (Phi) is 7.10. The molecule has 1 aromatic rings. The van der Waals surface area contributed by atoms with Gasteiger partial charge < -0.3 is 10.1 Å². The van der Waals surface area contributed by atoms with E-state index < -0.39 is 0 Å². The van der Waals surface area contributed by atoms with Crippen LogP contribution >= 0.6 is 24.8 Å². The summed E-state index contributed by atoms with van der Waals surface area (Å²) >= 11 is 0. The second kappa shape index (κ2) is 8.07. The highest BCUT2D eigenvalue weighted by molar-refractivity contribution is 5.85. The third kappa shape index (κ3) is 4.33. The van der Waals surface area contributed by atoms with Gasteiger partial charge in [-0.25, -0.2) is 0 Å². The number of hydrogen-bond acceptors (Lipinski definition) is 4. The fourth-order valence-electron chi connectivity index (χ4n) is 2.49. The van der Waals surface area contributed by atoms with Crippen molar-refractivity contribution in [1.29, 1.82) is 0 Å². The van der Waals surface area contributed by atoms with Crippen molar-refractivity contribution in [3.63, 3.8) is 0 Å². The Morgan fingerprint density at radius 2 is 2.00 bits per heavy atom. The number of halogens is 2. The number of morpholine rings is 1. The van der Waals surface area contributed by atoms with E-state index in [1.165, 1.54) is 17.8 Å². The van der Waals surface area contributed by atoms with Crippen LogP contribution in [-0.2, 0) is 24.4 Å². The summed E-state index contributed by atoms with van der Waals surface area (Å²) in [7, 11) is 0. The summed E-state index contributed by atoms with van der Waals surface area (Å²) in [6, 6.07) is 2.24. The molecule has 1 fully saturated rings. The maximum atomic E-state index is 5.36. The number of nitrogens with one attached hydrogen (secondary N) is 1. The SMILES string of the molecule is Cl.Cl.c1c(CN2CCOCC2)nn2c1CNCCC2. The first-order valence-corrected chi connectivity index (χ1v) is 6.48. The van der Waals surface area contributed by atoms with Crippen molar-refractivity contribution >= 4 is 24.8 Å². The summed E-state index contributed by atoms with van der Waals surface area (Å²) in [6.07, 6.45) is 1.17. The molecule has 3 heterocycles. The quantitative estimate of drug-likeness (QED) is 0.887. The van der Waals surface area contributed by atoms with E-state index in [0.29, 0.717) is 0 Å². The van der Waals surface area contributed by atoms with E-state index >= 15 is 0 Å². The normalized spacial score (nSPS) is 19.8. The van der Waals surface area contributed by atoms with Crippen LogP contribution in [0.1, 0.15) is 17.8 Å². The largest absolute Gasteiger partial charge is 0.379 e. The Hall–Kier alpha value is -0.330. The fraction of sp³-hybridized carbons (Fsp3) is 0.750. The lowest BCUT2D eigenvalue weighted by molar-refractivity contribution is 0.0335. The van der Waals surface area contributed by atoms with Crippen molar-refractivity contribution in [3.05, 3.63) is 17.5 Å². The van der Waals surface area contributed by atoms with Gasteiger partial charge in [0.15, 0.2) is 0 Å². The first kappa shape index (κ1) is 16.7. The molecule has 7 heteroatoms. The van der Waals surface area contributed by atoms with E-state index in [2.05, 4.69) is 21.0 Å². The molecule has 0 spiro atoms. The lowest BCUT2D eigenvalue weighted by Gasteiger charge is -2.25. The van der Waals surface area contributed by atoms with E-state index in [4.69, 9.17) is 9.84 Å². The number of rotatable bonds is 2. The molecular formula is C12H22Cl2N4O. The molecule has 2 aliphatic rings. The van der Waals surface area contributed by atoms with Gasteiger partial charge in [-0.15, -0.1) is 24.8 Å². The predicted octanol–water partition coefficient (Wildman–Crippen LogP) is 1.05. The molecule has 110 valence electrons. The van der Waals surface area contributed by atoms with Gasteiger partial charge in [0.2, 0.25) is 0 Å². The molecule has 5 nitrogen and oxygen atoms in total. The smallest absolute Gasteiger partial charge is 0.0768 e. The molecule has 2 aliphatic heterocycles. The first-order valence-electron chi connectivity index (χ1n) is 6.48. The molecule has 0 aromatic carbocycles. The number of fused-ring (bicyclic) bond motifs is 1. The van der Waals surface area contributed by atoms with E-state index in [0.717, 1.165) is 52.5 Å². The van der Waals surface area contributed by atoms with Crippen LogP contribution in [0.15, 0.2) is 6.07 Å². The van der Waals surface area contributed by atoms with E-state index in [1.54, 1.807) is 0 Å². The van der Waals surface area contributed by atoms with Crippen LogP contribution in [0, 0.1) is 0 Å². The Balaban J connectivity index is 0.000000902. The molecule has 3 rings (SSSR count). The molecule has 1 N–H and O–H groups in total. The number of aromatic nitrogens is 2. The zero-order chi connectivity index (χ0) is 11.5. The maximum absolute atomic E-state index is 5.36. The minimum Gasteiger partial charge on any atom is -0.379 e. The molecule has 1 aromatic heterocycles. The van der Waals surface area contributed by atoms with Crippen molar-refractivity contribution in [2.75, 3.05) is 32.8 Å². The van der Waals surface area contributed by atoms with Gasteiger partial charge in [-0.3, -0.25) is 9.58 Å². The summed E-state index contributed by atoms with van der Waals surface area (Å²) in [5.74, 6) is 0. The molecular weight excluding hydrogens is 287 g/mol. The summed E-state index contributed by atoms with van der Waals surface area (Å²) in [5, 5.41) is 8.13. The van der Waals surface area contributed by atoms with Crippen LogP contribution in [0.25, 0.3) is 0 Å². The number of nitrogens with zero attached hydrogens (tertiary/aromatic N) is 3. The van der Waals surface area contributed by atoms with Gasteiger partial charge in [0.25, 0.3) is 0 Å². The minimum atomic E-state index is 0. The molecule has 0 radical (unpaired) electrons. The maximum Gasteiger partial charge on any atom is 0.0768 e. The lowest BCUT2D eigenvalue weighted by Crippen LogP contribution is -2.35.